The van der Waals surface area contributed by atoms with Gasteiger partial charge in [-0.15, -0.1) is 0 Å². The SMILES string of the molecule is CCN(CC(=O)Nc1ccccc1C(F)(F)F)C(=O)c1ccc(C(C)(C)C)cc1. The van der Waals surface area contributed by atoms with Crippen LogP contribution in [0.4, 0.5) is 18.9 Å². The van der Waals surface area contributed by atoms with Crippen LogP contribution in [0.2, 0.25) is 0 Å². The molecule has 0 saturated carbocycles. The number of halogens is 3. The quantitative estimate of drug-likeness (QED) is 0.751. The van der Waals surface area contributed by atoms with Gasteiger partial charge in [0, 0.05) is 12.1 Å². The van der Waals surface area contributed by atoms with E-state index in [4.69, 9.17) is 0 Å². The Bertz CT molecular complexity index is 869. The number of hydrogen-bond acceptors (Lipinski definition) is 2. The summed E-state index contributed by atoms with van der Waals surface area (Å²) < 4.78 is 39.2. The van der Waals surface area contributed by atoms with Crippen LogP contribution in [-0.4, -0.2) is 29.8 Å². The van der Waals surface area contributed by atoms with Crippen molar-refractivity contribution in [3.63, 3.8) is 0 Å². The molecule has 0 aromatic heterocycles. The first-order valence-electron chi connectivity index (χ1n) is 9.29. The molecule has 7 heteroatoms. The molecule has 0 radical (unpaired) electrons. The van der Waals surface area contributed by atoms with Gasteiger partial charge in [-0.3, -0.25) is 9.59 Å². The van der Waals surface area contributed by atoms with E-state index in [1.807, 2.05) is 12.1 Å². The zero-order chi connectivity index (χ0) is 21.8. The molecule has 29 heavy (non-hydrogen) atoms. The highest BCUT2D eigenvalue weighted by Crippen LogP contribution is 2.34. The maximum atomic E-state index is 13.1. The molecular formula is C22H25F3N2O2. The Morgan fingerprint density at radius 2 is 1.55 bits per heavy atom. The summed E-state index contributed by atoms with van der Waals surface area (Å²) in [5.74, 6) is -1.05. The van der Waals surface area contributed by atoms with E-state index in [0.717, 1.165) is 11.6 Å². The smallest absolute Gasteiger partial charge is 0.330 e. The molecule has 0 aliphatic heterocycles. The Balaban J connectivity index is 2.12. The third kappa shape index (κ3) is 5.82. The van der Waals surface area contributed by atoms with Crippen molar-refractivity contribution in [2.75, 3.05) is 18.4 Å². The number of para-hydroxylation sites is 1. The molecule has 2 aromatic rings. The normalized spacial score (nSPS) is 11.8. The number of nitrogens with one attached hydrogen (secondary N) is 1. The number of rotatable bonds is 5. The number of amides is 2. The van der Waals surface area contributed by atoms with Crippen molar-refractivity contribution in [3.05, 3.63) is 65.2 Å². The largest absolute Gasteiger partial charge is 0.418 e. The van der Waals surface area contributed by atoms with Crippen molar-refractivity contribution in [2.45, 2.75) is 39.3 Å². The molecule has 1 N–H and O–H groups in total. The predicted molar refractivity (Wildman–Crippen MR) is 107 cm³/mol. The van der Waals surface area contributed by atoms with Gasteiger partial charge in [-0.25, -0.2) is 0 Å². The molecule has 0 saturated heterocycles. The molecule has 0 unspecified atom stereocenters. The van der Waals surface area contributed by atoms with Gasteiger partial charge >= 0.3 is 6.18 Å². The van der Waals surface area contributed by atoms with Gasteiger partial charge in [-0.05, 0) is 42.2 Å². The van der Waals surface area contributed by atoms with Crippen molar-refractivity contribution in [3.8, 4) is 0 Å². The van der Waals surface area contributed by atoms with E-state index >= 15 is 0 Å². The summed E-state index contributed by atoms with van der Waals surface area (Å²) in [4.78, 5) is 26.3. The summed E-state index contributed by atoms with van der Waals surface area (Å²) in [7, 11) is 0. The highest BCUT2D eigenvalue weighted by atomic mass is 19.4. The second kappa shape index (κ2) is 8.68. The van der Waals surface area contributed by atoms with Gasteiger partial charge in [-0.1, -0.05) is 45.0 Å². The average Bonchev–Trinajstić information content (AvgIpc) is 2.64. The summed E-state index contributed by atoms with van der Waals surface area (Å²) in [5, 5.41) is 2.26. The second-order valence-corrected chi connectivity index (χ2v) is 7.74. The van der Waals surface area contributed by atoms with E-state index in [1.54, 1.807) is 19.1 Å². The average molecular weight is 406 g/mol. The maximum Gasteiger partial charge on any atom is 0.418 e. The molecule has 0 aliphatic rings. The molecule has 4 nitrogen and oxygen atoms in total. The van der Waals surface area contributed by atoms with Crippen LogP contribution >= 0.6 is 0 Å². The molecule has 0 aliphatic carbocycles. The van der Waals surface area contributed by atoms with Gasteiger partial charge in [0.25, 0.3) is 5.91 Å². The summed E-state index contributed by atoms with van der Waals surface area (Å²) in [6.45, 7) is 7.79. The fraction of sp³-hybridized carbons (Fsp3) is 0.364. The van der Waals surface area contributed by atoms with E-state index < -0.39 is 17.6 Å². The van der Waals surface area contributed by atoms with Gasteiger partial charge in [-0.2, -0.15) is 13.2 Å². The number of carbonyl (C=O) groups excluding carboxylic acids is 2. The molecule has 2 amide bonds. The molecule has 0 fully saturated rings. The minimum absolute atomic E-state index is 0.0578. The first kappa shape index (κ1) is 22.5. The Morgan fingerprint density at radius 1 is 0.966 bits per heavy atom. The molecule has 156 valence electrons. The number of benzene rings is 2. The monoisotopic (exact) mass is 406 g/mol. The van der Waals surface area contributed by atoms with Gasteiger partial charge in [0.1, 0.15) is 6.54 Å². The van der Waals surface area contributed by atoms with Crippen molar-refractivity contribution in [2.24, 2.45) is 0 Å². The van der Waals surface area contributed by atoms with E-state index in [9.17, 15) is 22.8 Å². The molecule has 2 aromatic carbocycles. The summed E-state index contributed by atoms with van der Waals surface area (Å²) in [6.07, 6.45) is -4.58. The topological polar surface area (TPSA) is 49.4 Å². The van der Waals surface area contributed by atoms with Crippen molar-refractivity contribution in [1.82, 2.24) is 4.90 Å². The lowest BCUT2D eigenvalue weighted by atomic mass is 9.86. The van der Waals surface area contributed by atoms with Crippen LogP contribution in [0, 0.1) is 0 Å². The third-order valence-electron chi connectivity index (χ3n) is 4.51. The van der Waals surface area contributed by atoms with Crippen LogP contribution in [0.25, 0.3) is 0 Å². The Labute approximate surface area is 168 Å². The fourth-order valence-electron chi connectivity index (χ4n) is 2.82. The standard InChI is InChI=1S/C22H25F3N2O2/c1-5-27(20(29)15-10-12-16(13-11-15)21(2,3)4)14-19(28)26-18-9-7-6-8-17(18)22(23,24)25/h6-13H,5,14H2,1-4H3,(H,26,28). The number of alkyl halides is 3. The van der Waals surface area contributed by atoms with Crippen molar-refractivity contribution in [1.29, 1.82) is 0 Å². The highest BCUT2D eigenvalue weighted by molar-refractivity contribution is 5.99. The van der Waals surface area contributed by atoms with Gasteiger partial charge in [0.2, 0.25) is 5.91 Å². The lowest BCUT2D eigenvalue weighted by Crippen LogP contribution is -2.38. The Hall–Kier alpha value is -2.83. The minimum atomic E-state index is -4.58. The first-order chi connectivity index (χ1) is 13.4. The number of likely N-dealkylation sites (N-methyl/N-ethyl adjacent to an activating group) is 1. The zero-order valence-corrected chi connectivity index (χ0v) is 16.9. The molecule has 0 spiro atoms. The maximum absolute atomic E-state index is 13.1. The molecule has 0 heterocycles. The summed E-state index contributed by atoms with van der Waals surface area (Å²) in [6, 6.07) is 11.9. The van der Waals surface area contributed by atoms with Gasteiger partial charge in [0.05, 0.1) is 11.3 Å². The number of anilines is 1. The van der Waals surface area contributed by atoms with Gasteiger partial charge in [0.15, 0.2) is 0 Å². The van der Waals surface area contributed by atoms with Crippen molar-refractivity contribution < 1.29 is 22.8 Å². The molecule has 2 rings (SSSR count). The summed E-state index contributed by atoms with van der Waals surface area (Å²) in [5.41, 5.74) is 0.170. The van der Waals surface area contributed by atoms with E-state index in [2.05, 4.69) is 26.1 Å². The molecular weight excluding hydrogens is 381 g/mol. The molecule has 0 atom stereocenters. The summed E-state index contributed by atoms with van der Waals surface area (Å²) >= 11 is 0. The number of carbonyl (C=O) groups is 2. The van der Waals surface area contributed by atoms with E-state index in [0.29, 0.717) is 5.56 Å². The van der Waals surface area contributed by atoms with Crippen LogP contribution in [0.5, 0.6) is 0 Å². The van der Waals surface area contributed by atoms with Crippen LogP contribution < -0.4 is 5.32 Å². The van der Waals surface area contributed by atoms with E-state index in [-0.39, 0.29) is 30.1 Å². The lowest BCUT2D eigenvalue weighted by Gasteiger charge is -2.22. The van der Waals surface area contributed by atoms with Crippen molar-refractivity contribution >= 4 is 17.5 Å². The minimum Gasteiger partial charge on any atom is -0.330 e. The van der Waals surface area contributed by atoms with Gasteiger partial charge < -0.3 is 10.2 Å². The van der Waals surface area contributed by atoms with Crippen LogP contribution in [0.3, 0.4) is 0 Å². The molecule has 0 bridgehead atoms. The zero-order valence-electron chi connectivity index (χ0n) is 16.9. The predicted octanol–water partition coefficient (Wildman–Crippen LogP) is 5.10. The van der Waals surface area contributed by atoms with E-state index in [1.165, 1.54) is 23.1 Å². The Morgan fingerprint density at radius 3 is 2.07 bits per heavy atom. The van der Waals surface area contributed by atoms with Crippen LogP contribution in [0.1, 0.15) is 49.2 Å². The lowest BCUT2D eigenvalue weighted by molar-refractivity contribution is -0.137. The fourth-order valence-corrected chi connectivity index (χ4v) is 2.82. The highest BCUT2D eigenvalue weighted by Gasteiger charge is 2.33. The third-order valence-corrected chi connectivity index (χ3v) is 4.51. The number of hydrogen-bond donors (Lipinski definition) is 1. The Kier molecular flexibility index (Phi) is 6.72. The first-order valence-corrected chi connectivity index (χ1v) is 9.29. The van der Waals surface area contributed by atoms with Crippen LogP contribution in [0.15, 0.2) is 48.5 Å². The number of nitrogens with zero attached hydrogens (tertiary/aromatic N) is 1. The second-order valence-electron chi connectivity index (χ2n) is 7.74. The van der Waals surface area contributed by atoms with Crippen LogP contribution in [-0.2, 0) is 16.4 Å².